The van der Waals surface area contributed by atoms with Gasteiger partial charge in [0, 0.05) is 0 Å². The first-order chi connectivity index (χ1) is 5.22. The molecule has 0 fully saturated rings. The lowest BCUT2D eigenvalue weighted by Gasteiger charge is -1.98. The average Bonchev–Trinajstić information content (AvgIpc) is 2.00. The third-order valence-electron chi connectivity index (χ3n) is 1.08. The van der Waals surface area contributed by atoms with Crippen molar-refractivity contribution >= 4 is 21.9 Å². The maximum atomic E-state index is 10.9. The second-order valence-corrected chi connectivity index (χ2v) is 2.92. The Bertz CT molecular complexity index is 152. The zero-order valence-corrected chi connectivity index (χ0v) is 8.48. The van der Waals surface area contributed by atoms with Crippen molar-refractivity contribution in [2.75, 3.05) is 6.61 Å². The van der Waals surface area contributed by atoms with Crippen molar-refractivity contribution in [3.05, 3.63) is 10.6 Å². The van der Waals surface area contributed by atoms with Gasteiger partial charge in [0.25, 0.3) is 0 Å². The minimum absolute atomic E-state index is 0.277. The molecule has 0 bridgehead atoms. The molecule has 0 radical (unpaired) electrons. The van der Waals surface area contributed by atoms with Crippen LogP contribution in [0.4, 0.5) is 0 Å². The quantitative estimate of drug-likeness (QED) is 0.538. The average molecular weight is 221 g/mol. The van der Waals surface area contributed by atoms with Gasteiger partial charge in [0.2, 0.25) is 0 Å². The first-order valence-electron chi connectivity index (χ1n) is 3.75. The van der Waals surface area contributed by atoms with E-state index in [4.69, 9.17) is 4.74 Å². The molecular weight excluding hydrogens is 208 g/mol. The molecule has 0 aromatic rings. The molecule has 64 valence electrons. The fourth-order valence-corrected chi connectivity index (χ4v) is 0.898. The standard InChI is InChI=1S/C8H13BrO2/c1-3-5-6-7(9)8(10)11-4-2/h6H,3-5H2,1-2H3. The van der Waals surface area contributed by atoms with Crippen LogP contribution in [0.3, 0.4) is 0 Å². The van der Waals surface area contributed by atoms with E-state index in [0.717, 1.165) is 12.8 Å². The van der Waals surface area contributed by atoms with Crippen molar-refractivity contribution < 1.29 is 9.53 Å². The lowest BCUT2D eigenvalue weighted by Crippen LogP contribution is -2.02. The first-order valence-corrected chi connectivity index (χ1v) is 4.54. The topological polar surface area (TPSA) is 26.3 Å². The second-order valence-electron chi connectivity index (χ2n) is 2.06. The highest BCUT2D eigenvalue weighted by Gasteiger charge is 2.04. The Hall–Kier alpha value is -0.310. The van der Waals surface area contributed by atoms with E-state index in [0.29, 0.717) is 11.1 Å². The van der Waals surface area contributed by atoms with Crippen LogP contribution in [-0.4, -0.2) is 12.6 Å². The fourth-order valence-electron chi connectivity index (χ4n) is 0.554. The minimum Gasteiger partial charge on any atom is -0.462 e. The molecule has 0 saturated carbocycles. The molecule has 0 spiro atoms. The van der Waals surface area contributed by atoms with Gasteiger partial charge in [-0.2, -0.15) is 0 Å². The summed E-state index contributed by atoms with van der Waals surface area (Å²) < 4.78 is 5.28. The maximum Gasteiger partial charge on any atom is 0.344 e. The number of rotatable bonds is 4. The molecule has 0 aromatic carbocycles. The van der Waals surface area contributed by atoms with E-state index in [2.05, 4.69) is 22.9 Å². The molecule has 0 saturated heterocycles. The maximum absolute atomic E-state index is 10.9. The Balaban J connectivity index is 3.80. The van der Waals surface area contributed by atoms with Gasteiger partial charge in [0.15, 0.2) is 0 Å². The zero-order chi connectivity index (χ0) is 8.69. The summed E-state index contributed by atoms with van der Waals surface area (Å²) in [6, 6.07) is 0. The molecule has 3 heteroatoms. The van der Waals surface area contributed by atoms with E-state index in [-0.39, 0.29) is 5.97 Å². The van der Waals surface area contributed by atoms with Crippen molar-refractivity contribution in [2.24, 2.45) is 0 Å². The highest BCUT2D eigenvalue weighted by atomic mass is 79.9. The predicted octanol–water partition coefficient (Wildman–Crippen LogP) is 2.63. The summed E-state index contributed by atoms with van der Waals surface area (Å²) >= 11 is 3.13. The highest BCUT2D eigenvalue weighted by Crippen LogP contribution is 2.09. The Kier molecular flexibility index (Phi) is 6.22. The molecule has 11 heavy (non-hydrogen) atoms. The molecule has 0 heterocycles. The molecule has 0 aliphatic carbocycles. The van der Waals surface area contributed by atoms with Gasteiger partial charge in [0.1, 0.15) is 0 Å². The van der Waals surface area contributed by atoms with E-state index >= 15 is 0 Å². The SMILES string of the molecule is CCCC=C(Br)C(=O)OCC. The molecule has 0 aromatic heterocycles. The minimum atomic E-state index is -0.277. The third-order valence-corrected chi connectivity index (χ3v) is 1.73. The molecule has 2 nitrogen and oxygen atoms in total. The van der Waals surface area contributed by atoms with Crippen molar-refractivity contribution in [1.82, 2.24) is 0 Å². The van der Waals surface area contributed by atoms with Crippen LogP contribution in [0.2, 0.25) is 0 Å². The van der Waals surface area contributed by atoms with Crippen LogP contribution < -0.4 is 0 Å². The Morgan fingerprint density at radius 3 is 2.64 bits per heavy atom. The molecule has 0 aliphatic heterocycles. The third kappa shape index (κ3) is 5.01. The largest absolute Gasteiger partial charge is 0.462 e. The molecule has 0 amide bonds. The van der Waals surface area contributed by atoms with E-state index < -0.39 is 0 Å². The van der Waals surface area contributed by atoms with Crippen LogP contribution in [-0.2, 0) is 9.53 Å². The number of carbonyl (C=O) groups is 1. The van der Waals surface area contributed by atoms with Gasteiger partial charge in [-0.05, 0) is 29.3 Å². The monoisotopic (exact) mass is 220 g/mol. The summed E-state index contributed by atoms with van der Waals surface area (Å²) in [6.45, 7) is 4.27. The van der Waals surface area contributed by atoms with Gasteiger partial charge >= 0.3 is 5.97 Å². The summed E-state index contributed by atoms with van der Waals surface area (Å²) in [5, 5.41) is 0. The van der Waals surface area contributed by atoms with Gasteiger partial charge in [-0.15, -0.1) is 0 Å². The normalized spacial score (nSPS) is 11.4. The summed E-state index contributed by atoms with van der Waals surface area (Å²) in [5.41, 5.74) is 0. The van der Waals surface area contributed by atoms with E-state index in [9.17, 15) is 4.79 Å². The molecule has 0 aliphatic rings. The number of carbonyl (C=O) groups excluding carboxylic acids is 1. The molecule has 0 rings (SSSR count). The van der Waals surface area contributed by atoms with Crippen LogP contribution in [0.25, 0.3) is 0 Å². The highest BCUT2D eigenvalue weighted by molar-refractivity contribution is 9.12. The smallest absolute Gasteiger partial charge is 0.344 e. The fraction of sp³-hybridized carbons (Fsp3) is 0.625. The number of hydrogen-bond donors (Lipinski definition) is 0. The van der Waals surface area contributed by atoms with Crippen LogP contribution in [0.5, 0.6) is 0 Å². The number of ether oxygens (including phenoxy) is 1. The Morgan fingerprint density at radius 1 is 1.55 bits per heavy atom. The lowest BCUT2D eigenvalue weighted by atomic mass is 10.3. The van der Waals surface area contributed by atoms with Crippen molar-refractivity contribution in [1.29, 1.82) is 0 Å². The van der Waals surface area contributed by atoms with Crippen LogP contribution >= 0.6 is 15.9 Å². The molecule has 0 N–H and O–H groups in total. The van der Waals surface area contributed by atoms with Gasteiger partial charge in [0.05, 0.1) is 11.1 Å². The van der Waals surface area contributed by atoms with Crippen LogP contribution in [0.15, 0.2) is 10.6 Å². The van der Waals surface area contributed by atoms with Crippen molar-refractivity contribution in [3.63, 3.8) is 0 Å². The van der Waals surface area contributed by atoms with Gasteiger partial charge < -0.3 is 4.74 Å². The zero-order valence-electron chi connectivity index (χ0n) is 6.89. The van der Waals surface area contributed by atoms with Gasteiger partial charge in [-0.3, -0.25) is 0 Å². The summed E-state index contributed by atoms with van der Waals surface area (Å²) in [7, 11) is 0. The molecule has 0 unspecified atom stereocenters. The summed E-state index contributed by atoms with van der Waals surface area (Å²) in [4.78, 5) is 10.9. The van der Waals surface area contributed by atoms with E-state index in [1.807, 2.05) is 6.08 Å². The summed E-state index contributed by atoms with van der Waals surface area (Å²) in [6.07, 6.45) is 3.77. The number of hydrogen-bond acceptors (Lipinski definition) is 2. The predicted molar refractivity (Wildman–Crippen MR) is 48.6 cm³/mol. The van der Waals surface area contributed by atoms with Crippen molar-refractivity contribution in [2.45, 2.75) is 26.7 Å². The number of halogens is 1. The van der Waals surface area contributed by atoms with Crippen LogP contribution in [0.1, 0.15) is 26.7 Å². The Labute approximate surface area is 75.7 Å². The number of allylic oxidation sites excluding steroid dienone is 1. The van der Waals surface area contributed by atoms with Gasteiger partial charge in [-0.25, -0.2) is 4.79 Å². The second kappa shape index (κ2) is 6.40. The van der Waals surface area contributed by atoms with E-state index in [1.54, 1.807) is 6.92 Å². The van der Waals surface area contributed by atoms with Gasteiger partial charge in [-0.1, -0.05) is 19.4 Å². The first kappa shape index (κ1) is 10.7. The van der Waals surface area contributed by atoms with Crippen molar-refractivity contribution in [3.8, 4) is 0 Å². The number of unbranched alkanes of at least 4 members (excludes halogenated alkanes) is 1. The summed E-state index contributed by atoms with van der Waals surface area (Å²) in [5.74, 6) is -0.277. The van der Waals surface area contributed by atoms with E-state index in [1.165, 1.54) is 0 Å². The Morgan fingerprint density at radius 2 is 2.18 bits per heavy atom. The lowest BCUT2D eigenvalue weighted by molar-refractivity contribution is -0.137. The molecule has 0 atom stereocenters. The molecular formula is C8H13BrO2. The van der Waals surface area contributed by atoms with Crippen LogP contribution in [0, 0.1) is 0 Å². The number of esters is 1.